The van der Waals surface area contributed by atoms with Crippen LogP contribution in [0.1, 0.15) is 26.7 Å². The smallest absolute Gasteiger partial charge is 0.0293 e. The molecule has 0 aliphatic heterocycles. The molecule has 0 amide bonds. The molecule has 2 nitrogen and oxygen atoms in total. The van der Waals surface area contributed by atoms with Crippen molar-refractivity contribution in [1.29, 1.82) is 0 Å². The van der Waals surface area contributed by atoms with Gasteiger partial charge in [-0.1, -0.05) is 12.2 Å². The highest BCUT2D eigenvalue weighted by atomic mass is 14.9. The Kier molecular flexibility index (Phi) is 8.78. The molecule has 0 saturated heterocycles. The van der Waals surface area contributed by atoms with Crippen molar-refractivity contribution in [3.63, 3.8) is 0 Å². The van der Waals surface area contributed by atoms with Gasteiger partial charge in [0.05, 0.1) is 0 Å². The molecule has 76 valence electrons. The zero-order valence-electron chi connectivity index (χ0n) is 9.06. The normalized spacial score (nSPS) is 12.4. The second-order valence-electron chi connectivity index (χ2n) is 2.98. The summed E-state index contributed by atoms with van der Waals surface area (Å²) in [7, 11) is 1.99. The summed E-state index contributed by atoms with van der Waals surface area (Å²) < 4.78 is 0. The van der Waals surface area contributed by atoms with Crippen molar-refractivity contribution in [1.82, 2.24) is 10.6 Å². The molecule has 0 rings (SSSR count). The maximum atomic E-state index is 3.38. The molecule has 0 unspecified atom stereocenters. The fourth-order valence-corrected chi connectivity index (χ4v) is 1.10. The van der Waals surface area contributed by atoms with E-state index >= 15 is 0 Å². The maximum Gasteiger partial charge on any atom is 0.0293 e. The third-order valence-corrected chi connectivity index (χ3v) is 1.84. The summed E-state index contributed by atoms with van der Waals surface area (Å²) in [6.07, 6.45) is 8.69. The summed E-state index contributed by atoms with van der Waals surface area (Å²) in [6, 6.07) is 0. The van der Waals surface area contributed by atoms with E-state index in [-0.39, 0.29) is 0 Å². The molecular formula is C11H22N2. The number of hydrogen-bond donors (Lipinski definition) is 2. The van der Waals surface area contributed by atoms with Crippen LogP contribution in [0, 0.1) is 0 Å². The van der Waals surface area contributed by atoms with Gasteiger partial charge < -0.3 is 10.6 Å². The Hall–Kier alpha value is -0.760. The first-order chi connectivity index (χ1) is 6.35. The van der Waals surface area contributed by atoms with Gasteiger partial charge in [-0.2, -0.15) is 0 Å². The highest BCUT2D eigenvalue weighted by Crippen LogP contribution is 1.93. The highest BCUT2D eigenvalue weighted by Gasteiger charge is 1.89. The lowest BCUT2D eigenvalue weighted by atomic mass is 10.3. The fourth-order valence-electron chi connectivity index (χ4n) is 1.10. The molecule has 0 aromatic heterocycles. The summed E-state index contributed by atoms with van der Waals surface area (Å²) in [5, 5.41) is 6.51. The molecule has 0 fully saturated rings. The van der Waals surface area contributed by atoms with Crippen molar-refractivity contribution in [2.24, 2.45) is 0 Å². The Morgan fingerprint density at radius 1 is 1.15 bits per heavy atom. The largest absolute Gasteiger partial charge is 0.385 e. The van der Waals surface area contributed by atoms with E-state index in [1.807, 2.05) is 14.0 Å². The molecule has 13 heavy (non-hydrogen) atoms. The Morgan fingerprint density at radius 3 is 2.38 bits per heavy atom. The van der Waals surface area contributed by atoms with Gasteiger partial charge in [-0.15, -0.1) is 0 Å². The van der Waals surface area contributed by atoms with E-state index in [2.05, 4.69) is 35.8 Å². The van der Waals surface area contributed by atoms with Crippen molar-refractivity contribution < 1.29 is 0 Å². The van der Waals surface area contributed by atoms with Gasteiger partial charge in [0.2, 0.25) is 0 Å². The molecule has 0 aliphatic rings. The van der Waals surface area contributed by atoms with Crippen LogP contribution in [-0.2, 0) is 0 Å². The maximum absolute atomic E-state index is 3.38. The van der Waals surface area contributed by atoms with Crippen molar-refractivity contribution in [3.05, 3.63) is 23.9 Å². The number of unbranched alkanes of at least 4 members (excludes halogenated alkanes) is 1. The zero-order chi connectivity index (χ0) is 9.94. The minimum Gasteiger partial charge on any atom is -0.385 e. The fraction of sp³-hybridized carbons (Fsp3) is 0.636. The first-order valence-corrected chi connectivity index (χ1v) is 5.02. The van der Waals surface area contributed by atoms with Gasteiger partial charge in [0.15, 0.2) is 0 Å². The van der Waals surface area contributed by atoms with Crippen LogP contribution in [-0.4, -0.2) is 20.1 Å². The van der Waals surface area contributed by atoms with Gasteiger partial charge in [-0.25, -0.2) is 0 Å². The first-order valence-electron chi connectivity index (χ1n) is 5.02. The zero-order valence-corrected chi connectivity index (χ0v) is 9.06. The quantitative estimate of drug-likeness (QED) is 0.465. The van der Waals surface area contributed by atoms with E-state index in [9.17, 15) is 0 Å². The van der Waals surface area contributed by atoms with Crippen molar-refractivity contribution in [3.8, 4) is 0 Å². The number of allylic oxidation sites excluding steroid dienone is 3. The molecule has 2 N–H and O–H groups in total. The molecule has 0 radical (unpaired) electrons. The third kappa shape index (κ3) is 7.60. The van der Waals surface area contributed by atoms with Gasteiger partial charge in [-0.3, -0.25) is 0 Å². The molecule has 2 heteroatoms. The van der Waals surface area contributed by atoms with Crippen molar-refractivity contribution in [2.45, 2.75) is 26.7 Å². The second kappa shape index (κ2) is 9.33. The number of rotatable bonds is 7. The molecule has 0 atom stereocenters. The van der Waals surface area contributed by atoms with Crippen LogP contribution in [0.4, 0.5) is 0 Å². The van der Waals surface area contributed by atoms with Crippen LogP contribution in [0.2, 0.25) is 0 Å². The van der Waals surface area contributed by atoms with Gasteiger partial charge in [0, 0.05) is 12.2 Å². The standard InChI is InChI=1S/C11H22N2/c1-4-8-11(5-2)13-10-7-6-9-12-3/h4-5,8,12-13H,6-7,9-10H2,1-3H3/b8-4-,11-5+. The third-order valence-electron chi connectivity index (χ3n) is 1.84. The molecule has 0 bridgehead atoms. The van der Waals surface area contributed by atoms with Crippen LogP contribution in [0.15, 0.2) is 23.9 Å². The summed E-state index contributed by atoms with van der Waals surface area (Å²) in [6.45, 7) is 6.25. The van der Waals surface area contributed by atoms with Crippen molar-refractivity contribution >= 4 is 0 Å². The SMILES string of the molecule is C/C=C\C(=C/C)NCCCCNC. The summed E-state index contributed by atoms with van der Waals surface area (Å²) in [5.74, 6) is 0. The van der Waals surface area contributed by atoms with E-state index in [1.165, 1.54) is 18.5 Å². The number of hydrogen-bond acceptors (Lipinski definition) is 2. The van der Waals surface area contributed by atoms with Gasteiger partial charge in [0.1, 0.15) is 0 Å². The lowest BCUT2D eigenvalue weighted by molar-refractivity contribution is 0.648. The molecule has 0 saturated carbocycles. The van der Waals surface area contributed by atoms with Crippen LogP contribution in [0.3, 0.4) is 0 Å². The predicted octanol–water partition coefficient (Wildman–Crippen LogP) is 2.06. The Labute approximate surface area is 82.1 Å². The van der Waals surface area contributed by atoms with Crippen LogP contribution >= 0.6 is 0 Å². The van der Waals surface area contributed by atoms with Gasteiger partial charge in [-0.05, 0) is 46.4 Å². The molecular weight excluding hydrogens is 160 g/mol. The summed E-state index contributed by atoms with van der Waals surface area (Å²) >= 11 is 0. The Balaban J connectivity index is 3.40. The van der Waals surface area contributed by atoms with E-state index in [1.54, 1.807) is 0 Å². The summed E-state index contributed by atoms with van der Waals surface area (Å²) in [5.41, 5.74) is 1.21. The van der Waals surface area contributed by atoms with Gasteiger partial charge >= 0.3 is 0 Å². The second-order valence-corrected chi connectivity index (χ2v) is 2.98. The van der Waals surface area contributed by atoms with E-state index in [0.29, 0.717) is 0 Å². The minimum atomic E-state index is 1.06. The van der Waals surface area contributed by atoms with Crippen LogP contribution < -0.4 is 10.6 Å². The lowest BCUT2D eigenvalue weighted by Gasteiger charge is -2.06. The molecule has 0 aliphatic carbocycles. The monoisotopic (exact) mass is 182 g/mol. The average molecular weight is 182 g/mol. The molecule has 0 spiro atoms. The Morgan fingerprint density at radius 2 is 1.85 bits per heavy atom. The van der Waals surface area contributed by atoms with E-state index in [4.69, 9.17) is 0 Å². The minimum absolute atomic E-state index is 1.06. The summed E-state index contributed by atoms with van der Waals surface area (Å²) in [4.78, 5) is 0. The van der Waals surface area contributed by atoms with Gasteiger partial charge in [0.25, 0.3) is 0 Å². The van der Waals surface area contributed by atoms with E-state index in [0.717, 1.165) is 13.1 Å². The van der Waals surface area contributed by atoms with Crippen LogP contribution in [0.25, 0.3) is 0 Å². The lowest BCUT2D eigenvalue weighted by Crippen LogP contribution is -2.15. The predicted molar refractivity (Wildman–Crippen MR) is 59.7 cm³/mol. The number of nitrogens with one attached hydrogen (secondary N) is 2. The molecule has 0 aromatic rings. The topological polar surface area (TPSA) is 24.1 Å². The van der Waals surface area contributed by atoms with Crippen LogP contribution in [0.5, 0.6) is 0 Å². The van der Waals surface area contributed by atoms with E-state index < -0.39 is 0 Å². The van der Waals surface area contributed by atoms with Crippen molar-refractivity contribution in [2.75, 3.05) is 20.1 Å². The highest BCUT2D eigenvalue weighted by molar-refractivity contribution is 5.14. The first kappa shape index (κ1) is 12.2. The molecule has 0 heterocycles. The Bertz CT molecular complexity index is 159. The molecule has 0 aromatic carbocycles. The average Bonchev–Trinajstić information content (AvgIpc) is 2.16.